The van der Waals surface area contributed by atoms with E-state index in [4.69, 9.17) is 4.74 Å². The number of nitrogens with one attached hydrogen (secondary N) is 1. The number of nitrogens with zero attached hydrogens (tertiary/aromatic N) is 2. The minimum Gasteiger partial charge on any atom is -0.430 e. The molecule has 2 aromatic carbocycles. The highest BCUT2D eigenvalue weighted by molar-refractivity contribution is 7.07. The number of halogens is 1. The van der Waals surface area contributed by atoms with Gasteiger partial charge in [0, 0.05) is 30.1 Å². The van der Waals surface area contributed by atoms with Gasteiger partial charge in [0.15, 0.2) is 5.82 Å². The number of carbonyl (C=O) groups is 1. The van der Waals surface area contributed by atoms with Crippen molar-refractivity contribution in [1.82, 2.24) is 14.7 Å². The van der Waals surface area contributed by atoms with Crippen LogP contribution in [-0.4, -0.2) is 21.8 Å². The highest BCUT2D eigenvalue weighted by Gasteiger charge is 2.12. The number of rotatable bonds is 7. The van der Waals surface area contributed by atoms with Crippen LogP contribution in [0.25, 0.3) is 0 Å². The van der Waals surface area contributed by atoms with E-state index in [0.717, 1.165) is 29.1 Å². The lowest BCUT2D eigenvalue weighted by atomic mass is 10.1. The molecule has 27 heavy (non-hydrogen) atoms. The molecule has 0 radical (unpaired) electrons. The number of hydrogen-bond donors (Lipinski definition) is 1. The first kappa shape index (κ1) is 19.0. The van der Waals surface area contributed by atoms with E-state index in [9.17, 15) is 9.18 Å². The molecule has 0 atom stereocenters. The van der Waals surface area contributed by atoms with Crippen molar-refractivity contribution in [1.29, 1.82) is 0 Å². The van der Waals surface area contributed by atoms with Crippen LogP contribution in [0.4, 0.5) is 4.39 Å². The van der Waals surface area contributed by atoms with E-state index in [1.807, 2.05) is 19.9 Å². The van der Waals surface area contributed by atoms with Crippen molar-refractivity contribution in [2.45, 2.75) is 26.7 Å². The van der Waals surface area contributed by atoms with Crippen LogP contribution in [0.3, 0.4) is 0 Å². The van der Waals surface area contributed by atoms with Gasteiger partial charge in [0.2, 0.25) is 0 Å². The molecule has 7 heteroatoms. The van der Waals surface area contributed by atoms with Crippen molar-refractivity contribution < 1.29 is 13.9 Å². The third kappa shape index (κ3) is 5.10. The lowest BCUT2D eigenvalue weighted by molar-refractivity contribution is 0.0953. The molecule has 0 saturated heterocycles. The van der Waals surface area contributed by atoms with Crippen molar-refractivity contribution in [2.24, 2.45) is 0 Å². The van der Waals surface area contributed by atoms with Gasteiger partial charge in [0.25, 0.3) is 11.1 Å². The molecule has 140 valence electrons. The van der Waals surface area contributed by atoms with E-state index in [1.165, 1.54) is 12.1 Å². The summed E-state index contributed by atoms with van der Waals surface area (Å²) in [6, 6.07) is 11.6. The van der Waals surface area contributed by atoms with Gasteiger partial charge in [-0.05, 0) is 48.7 Å². The van der Waals surface area contributed by atoms with Crippen LogP contribution >= 0.6 is 11.5 Å². The summed E-state index contributed by atoms with van der Waals surface area (Å²) in [6.45, 7) is 4.54. The summed E-state index contributed by atoms with van der Waals surface area (Å²) in [5.74, 6) is 0.781. The Bertz CT molecular complexity index is 925. The molecule has 0 spiro atoms. The Morgan fingerprint density at radius 3 is 2.74 bits per heavy atom. The van der Waals surface area contributed by atoms with Crippen molar-refractivity contribution >= 4 is 17.4 Å². The lowest BCUT2D eigenvalue weighted by Gasteiger charge is -2.08. The number of carbonyl (C=O) groups excluding carboxylic acids is 1. The van der Waals surface area contributed by atoms with Crippen LogP contribution in [0.2, 0.25) is 0 Å². The summed E-state index contributed by atoms with van der Waals surface area (Å²) in [5, 5.41) is 3.25. The Labute approximate surface area is 161 Å². The molecular formula is C20H20FN3O2S. The van der Waals surface area contributed by atoms with Crippen LogP contribution < -0.4 is 10.1 Å². The maximum absolute atomic E-state index is 13.0. The van der Waals surface area contributed by atoms with E-state index in [2.05, 4.69) is 14.7 Å². The average molecular weight is 385 g/mol. The SMILES string of the molecule is CCCNC(=O)c1ccc(C)c(Oc2nc(Cc3ccc(F)cc3)ns2)c1. The molecule has 3 rings (SSSR count). The van der Waals surface area contributed by atoms with Gasteiger partial charge in [0.1, 0.15) is 11.6 Å². The molecule has 0 aliphatic carbocycles. The van der Waals surface area contributed by atoms with Gasteiger partial charge in [-0.1, -0.05) is 25.1 Å². The number of aromatic nitrogens is 2. The van der Waals surface area contributed by atoms with Crippen LogP contribution in [0, 0.1) is 12.7 Å². The zero-order valence-corrected chi connectivity index (χ0v) is 16.0. The van der Waals surface area contributed by atoms with Crippen molar-refractivity contribution in [3.8, 4) is 10.9 Å². The predicted octanol–water partition coefficient (Wildman–Crippen LogP) is 4.51. The topological polar surface area (TPSA) is 64.1 Å². The second-order valence-electron chi connectivity index (χ2n) is 6.12. The van der Waals surface area contributed by atoms with Crippen molar-refractivity contribution in [3.05, 3.63) is 70.8 Å². The van der Waals surface area contributed by atoms with Gasteiger partial charge in [-0.15, -0.1) is 0 Å². The summed E-state index contributed by atoms with van der Waals surface area (Å²) >= 11 is 1.15. The van der Waals surface area contributed by atoms with Crippen LogP contribution in [-0.2, 0) is 6.42 Å². The van der Waals surface area contributed by atoms with Gasteiger partial charge >= 0.3 is 0 Å². The van der Waals surface area contributed by atoms with E-state index in [0.29, 0.717) is 35.3 Å². The Hall–Kier alpha value is -2.80. The second-order valence-corrected chi connectivity index (χ2v) is 6.83. The first-order valence-electron chi connectivity index (χ1n) is 8.69. The van der Waals surface area contributed by atoms with Crippen LogP contribution in [0.1, 0.15) is 40.7 Å². The highest BCUT2D eigenvalue weighted by Crippen LogP contribution is 2.28. The number of amides is 1. The second kappa shape index (κ2) is 8.73. The Kier molecular flexibility index (Phi) is 6.13. The molecule has 0 bridgehead atoms. The Balaban J connectivity index is 1.71. The van der Waals surface area contributed by atoms with Gasteiger partial charge in [-0.3, -0.25) is 4.79 Å². The number of hydrogen-bond acceptors (Lipinski definition) is 5. The van der Waals surface area contributed by atoms with Gasteiger partial charge in [-0.25, -0.2) is 4.39 Å². The minimum atomic E-state index is -0.271. The van der Waals surface area contributed by atoms with Crippen molar-refractivity contribution in [3.63, 3.8) is 0 Å². The summed E-state index contributed by atoms with van der Waals surface area (Å²) < 4.78 is 23.1. The first-order valence-corrected chi connectivity index (χ1v) is 9.46. The summed E-state index contributed by atoms with van der Waals surface area (Å²) in [4.78, 5) is 16.5. The molecule has 0 aliphatic rings. The molecular weight excluding hydrogens is 365 g/mol. The van der Waals surface area contributed by atoms with E-state index in [-0.39, 0.29) is 11.7 Å². The molecule has 5 nitrogen and oxygen atoms in total. The van der Waals surface area contributed by atoms with Gasteiger partial charge in [0.05, 0.1) is 0 Å². The monoisotopic (exact) mass is 385 g/mol. The Morgan fingerprint density at radius 2 is 2.00 bits per heavy atom. The summed E-state index contributed by atoms with van der Waals surface area (Å²) in [6.07, 6.45) is 1.38. The fourth-order valence-electron chi connectivity index (χ4n) is 2.42. The molecule has 0 fully saturated rings. The highest BCUT2D eigenvalue weighted by atomic mass is 32.1. The van der Waals surface area contributed by atoms with Gasteiger partial charge < -0.3 is 10.1 Å². The van der Waals surface area contributed by atoms with Crippen LogP contribution in [0.5, 0.6) is 10.9 Å². The predicted molar refractivity (Wildman–Crippen MR) is 103 cm³/mol. The Morgan fingerprint density at radius 1 is 1.22 bits per heavy atom. The largest absolute Gasteiger partial charge is 0.430 e. The molecule has 1 N–H and O–H groups in total. The quantitative estimate of drug-likeness (QED) is 0.650. The zero-order chi connectivity index (χ0) is 19.2. The molecule has 1 amide bonds. The average Bonchev–Trinajstić information content (AvgIpc) is 3.10. The molecule has 1 heterocycles. The maximum atomic E-state index is 13.0. The maximum Gasteiger partial charge on any atom is 0.298 e. The number of aryl methyl sites for hydroxylation is 1. The van der Waals surface area contributed by atoms with E-state index >= 15 is 0 Å². The number of ether oxygens (including phenoxy) is 1. The van der Waals surface area contributed by atoms with Crippen LogP contribution in [0.15, 0.2) is 42.5 Å². The third-order valence-corrected chi connectivity index (χ3v) is 4.54. The third-order valence-electron chi connectivity index (χ3n) is 3.91. The molecule has 0 unspecified atom stereocenters. The minimum absolute atomic E-state index is 0.129. The fourth-order valence-corrected chi connectivity index (χ4v) is 2.98. The normalized spacial score (nSPS) is 10.6. The molecule has 1 aromatic heterocycles. The molecule has 0 saturated carbocycles. The lowest BCUT2D eigenvalue weighted by Crippen LogP contribution is -2.23. The van der Waals surface area contributed by atoms with Crippen molar-refractivity contribution in [2.75, 3.05) is 6.54 Å². The molecule has 3 aromatic rings. The fraction of sp³-hybridized carbons (Fsp3) is 0.250. The van der Waals surface area contributed by atoms with E-state index < -0.39 is 0 Å². The summed E-state index contributed by atoms with van der Waals surface area (Å²) in [5.41, 5.74) is 2.36. The zero-order valence-electron chi connectivity index (χ0n) is 15.2. The number of benzene rings is 2. The first-order chi connectivity index (χ1) is 13.0. The smallest absolute Gasteiger partial charge is 0.298 e. The van der Waals surface area contributed by atoms with Gasteiger partial charge in [-0.2, -0.15) is 9.36 Å². The summed E-state index contributed by atoms with van der Waals surface area (Å²) in [7, 11) is 0. The molecule has 0 aliphatic heterocycles. The standard InChI is InChI=1S/C20H20FN3O2S/c1-3-10-22-19(25)15-7-4-13(2)17(12-15)26-20-23-18(24-27-20)11-14-5-8-16(21)9-6-14/h4-9,12H,3,10-11H2,1-2H3,(H,22,25). The van der Waals surface area contributed by atoms with E-state index in [1.54, 1.807) is 24.3 Å².